The van der Waals surface area contributed by atoms with Gasteiger partial charge in [-0.25, -0.2) is 4.79 Å². The van der Waals surface area contributed by atoms with Gasteiger partial charge in [0.05, 0.1) is 6.54 Å². The van der Waals surface area contributed by atoms with Gasteiger partial charge in [-0.05, 0) is 41.7 Å². The van der Waals surface area contributed by atoms with Gasteiger partial charge < -0.3 is 10.1 Å². The number of hydrogen-bond donors (Lipinski definition) is 1. The van der Waals surface area contributed by atoms with Crippen LogP contribution in [0.5, 0.6) is 0 Å². The largest absolute Gasteiger partial charge is 0.447 e. The van der Waals surface area contributed by atoms with Crippen LogP contribution in [-0.2, 0) is 14.9 Å². The number of carbonyl (C=O) groups is 2. The Morgan fingerprint density at radius 2 is 1.81 bits per heavy atom. The molecule has 0 radical (unpaired) electrons. The lowest BCUT2D eigenvalue weighted by Gasteiger charge is -2.25. The zero-order chi connectivity index (χ0) is 18.6. The van der Waals surface area contributed by atoms with Gasteiger partial charge in [-0.15, -0.1) is 0 Å². The standard InChI is InChI=1S/C21H24N2O3/c1-21(2,16-6-4-3-5-7-16)13-12-19(24)22-17-8-10-18(11-9-17)23-14-15-26-20(23)25/h3-11H,12-15H2,1-2H3,(H,22,24). The van der Waals surface area contributed by atoms with E-state index in [0.717, 1.165) is 17.8 Å². The first kappa shape index (κ1) is 18.0. The summed E-state index contributed by atoms with van der Waals surface area (Å²) in [5.41, 5.74) is 2.67. The van der Waals surface area contributed by atoms with Crippen LogP contribution in [0, 0.1) is 0 Å². The second-order valence-electron chi connectivity index (χ2n) is 7.11. The fraction of sp³-hybridized carbons (Fsp3) is 0.333. The van der Waals surface area contributed by atoms with Crippen LogP contribution < -0.4 is 10.2 Å². The Bertz CT molecular complexity index is 770. The van der Waals surface area contributed by atoms with Gasteiger partial charge in [0.15, 0.2) is 0 Å². The summed E-state index contributed by atoms with van der Waals surface area (Å²) >= 11 is 0. The summed E-state index contributed by atoms with van der Waals surface area (Å²) in [7, 11) is 0. The van der Waals surface area contributed by atoms with Crippen LogP contribution in [0.15, 0.2) is 54.6 Å². The first-order valence-corrected chi connectivity index (χ1v) is 8.85. The minimum Gasteiger partial charge on any atom is -0.447 e. The molecule has 2 amide bonds. The highest BCUT2D eigenvalue weighted by molar-refractivity contribution is 5.92. The van der Waals surface area contributed by atoms with E-state index in [4.69, 9.17) is 4.74 Å². The Morgan fingerprint density at radius 1 is 1.12 bits per heavy atom. The van der Waals surface area contributed by atoms with Crippen LogP contribution in [0.4, 0.5) is 16.2 Å². The first-order chi connectivity index (χ1) is 12.5. The van der Waals surface area contributed by atoms with Crippen molar-refractivity contribution in [2.75, 3.05) is 23.4 Å². The van der Waals surface area contributed by atoms with E-state index < -0.39 is 0 Å². The monoisotopic (exact) mass is 352 g/mol. The number of ether oxygens (including phenoxy) is 1. The molecule has 3 rings (SSSR count). The maximum atomic E-state index is 12.3. The molecule has 1 aliphatic heterocycles. The number of rotatable bonds is 6. The van der Waals surface area contributed by atoms with Crippen molar-refractivity contribution in [3.8, 4) is 0 Å². The number of anilines is 2. The Morgan fingerprint density at radius 3 is 2.42 bits per heavy atom. The van der Waals surface area contributed by atoms with Gasteiger partial charge in [-0.3, -0.25) is 9.69 Å². The highest BCUT2D eigenvalue weighted by Gasteiger charge is 2.24. The molecule has 1 aliphatic rings. The Balaban J connectivity index is 1.54. The number of cyclic esters (lactones) is 1. The molecule has 5 heteroatoms. The van der Waals surface area contributed by atoms with Crippen molar-refractivity contribution in [3.63, 3.8) is 0 Å². The molecule has 2 aromatic rings. The summed E-state index contributed by atoms with van der Waals surface area (Å²) in [6.45, 7) is 5.27. The summed E-state index contributed by atoms with van der Waals surface area (Å²) in [6.07, 6.45) is 0.882. The van der Waals surface area contributed by atoms with Crippen LogP contribution in [0.25, 0.3) is 0 Å². The SMILES string of the molecule is CC(C)(CCC(=O)Nc1ccc(N2CCOC2=O)cc1)c1ccccc1. The van der Waals surface area contributed by atoms with Crippen molar-refractivity contribution in [2.45, 2.75) is 32.1 Å². The van der Waals surface area contributed by atoms with Crippen molar-refractivity contribution in [1.29, 1.82) is 0 Å². The van der Waals surface area contributed by atoms with Crippen LogP contribution in [0.1, 0.15) is 32.3 Å². The van der Waals surface area contributed by atoms with E-state index in [1.54, 1.807) is 17.0 Å². The average Bonchev–Trinajstić information content (AvgIpc) is 3.07. The molecule has 26 heavy (non-hydrogen) atoms. The number of carbonyl (C=O) groups excluding carboxylic acids is 2. The van der Waals surface area contributed by atoms with Crippen LogP contribution in [0.3, 0.4) is 0 Å². The van der Waals surface area contributed by atoms with Gasteiger partial charge in [0.1, 0.15) is 6.61 Å². The molecule has 2 aromatic carbocycles. The Hall–Kier alpha value is -2.82. The van der Waals surface area contributed by atoms with Crippen LogP contribution >= 0.6 is 0 Å². The minimum absolute atomic E-state index is 0.0117. The van der Waals surface area contributed by atoms with E-state index in [9.17, 15) is 9.59 Å². The lowest BCUT2D eigenvalue weighted by molar-refractivity contribution is -0.116. The molecule has 0 spiro atoms. The summed E-state index contributed by atoms with van der Waals surface area (Å²) in [5.74, 6) is -0.0117. The van der Waals surface area contributed by atoms with E-state index in [0.29, 0.717) is 19.6 Å². The number of amides is 2. The lowest BCUT2D eigenvalue weighted by Crippen LogP contribution is -2.23. The summed E-state index contributed by atoms with van der Waals surface area (Å²) in [4.78, 5) is 25.4. The van der Waals surface area contributed by atoms with Gasteiger partial charge in [-0.1, -0.05) is 44.2 Å². The molecule has 0 atom stereocenters. The van der Waals surface area contributed by atoms with E-state index in [1.807, 2.05) is 30.3 Å². The van der Waals surface area contributed by atoms with Gasteiger partial charge >= 0.3 is 6.09 Å². The number of nitrogens with zero attached hydrogens (tertiary/aromatic N) is 1. The molecule has 0 bridgehead atoms. The quantitative estimate of drug-likeness (QED) is 0.841. The number of nitrogens with one attached hydrogen (secondary N) is 1. The first-order valence-electron chi connectivity index (χ1n) is 8.85. The Labute approximate surface area is 154 Å². The number of benzene rings is 2. The maximum absolute atomic E-state index is 12.3. The minimum atomic E-state index is -0.329. The number of hydrogen-bond acceptors (Lipinski definition) is 3. The van der Waals surface area contributed by atoms with E-state index in [1.165, 1.54) is 5.56 Å². The van der Waals surface area contributed by atoms with Crippen molar-refractivity contribution >= 4 is 23.4 Å². The van der Waals surface area contributed by atoms with Crippen molar-refractivity contribution in [2.24, 2.45) is 0 Å². The predicted octanol–water partition coefficient (Wildman–Crippen LogP) is 4.34. The molecule has 0 unspecified atom stereocenters. The average molecular weight is 352 g/mol. The molecular weight excluding hydrogens is 328 g/mol. The van der Waals surface area contributed by atoms with Gasteiger partial charge in [0, 0.05) is 17.8 Å². The summed E-state index contributed by atoms with van der Waals surface area (Å²) in [6, 6.07) is 17.5. The molecule has 0 saturated carbocycles. The maximum Gasteiger partial charge on any atom is 0.414 e. The second kappa shape index (κ2) is 7.60. The van der Waals surface area contributed by atoms with Gasteiger partial charge in [-0.2, -0.15) is 0 Å². The molecule has 1 N–H and O–H groups in total. The molecule has 5 nitrogen and oxygen atoms in total. The third kappa shape index (κ3) is 4.23. The topological polar surface area (TPSA) is 58.6 Å². The molecule has 136 valence electrons. The summed E-state index contributed by atoms with van der Waals surface area (Å²) < 4.78 is 4.93. The predicted molar refractivity (Wildman–Crippen MR) is 102 cm³/mol. The molecule has 0 aliphatic carbocycles. The van der Waals surface area contributed by atoms with Crippen LogP contribution in [-0.4, -0.2) is 25.2 Å². The third-order valence-corrected chi connectivity index (χ3v) is 4.76. The van der Waals surface area contributed by atoms with Gasteiger partial charge in [0.25, 0.3) is 0 Å². The Kier molecular flexibility index (Phi) is 5.26. The van der Waals surface area contributed by atoms with Crippen molar-refractivity contribution in [1.82, 2.24) is 0 Å². The second-order valence-corrected chi connectivity index (χ2v) is 7.11. The molecule has 1 heterocycles. The highest BCUT2D eigenvalue weighted by atomic mass is 16.6. The van der Waals surface area contributed by atoms with E-state index >= 15 is 0 Å². The third-order valence-electron chi connectivity index (χ3n) is 4.76. The highest BCUT2D eigenvalue weighted by Crippen LogP contribution is 2.28. The van der Waals surface area contributed by atoms with Crippen LogP contribution in [0.2, 0.25) is 0 Å². The van der Waals surface area contributed by atoms with Crippen molar-refractivity contribution in [3.05, 3.63) is 60.2 Å². The zero-order valence-corrected chi connectivity index (χ0v) is 15.2. The molecule has 1 fully saturated rings. The fourth-order valence-corrected chi connectivity index (χ4v) is 3.04. The van der Waals surface area contributed by atoms with Gasteiger partial charge in [0.2, 0.25) is 5.91 Å². The van der Waals surface area contributed by atoms with Crippen molar-refractivity contribution < 1.29 is 14.3 Å². The van der Waals surface area contributed by atoms with E-state index in [2.05, 4.69) is 31.3 Å². The lowest BCUT2D eigenvalue weighted by atomic mass is 9.80. The van der Waals surface area contributed by atoms with E-state index in [-0.39, 0.29) is 17.4 Å². The molecule has 0 aromatic heterocycles. The smallest absolute Gasteiger partial charge is 0.414 e. The fourth-order valence-electron chi connectivity index (χ4n) is 3.04. The molecule has 1 saturated heterocycles. The molecular formula is C21H24N2O3. The normalized spacial score (nSPS) is 14.2. The zero-order valence-electron chi connectivity index (χ0n) is 15.2. The summed E-state index contributed by atoms with van der Waals surface area (Å²) in [5, 5.41) is 2.92.